The molecule has 0 spiro atoms. The van der Waals surface area contributed by atoms with E-state index in [4.69, 9.17) is 4.74 Å². The molecule has 0 radical (unpaired) electrons. The Balaban J connectivity index is 1.52. The summed E-state index contributed by atoms with van der Waals surface area (Å²) in [7, 11) is 0. The summed E-state index contributed by atoms with van der Waals surface area (Å²) < 4.78 is 8.25. The number of aryl methyl sites for hydroxylation is 2. The number of fused-ring (bicyclic) bond motifs is 1. The third kappa shape index (κ3) is 3.92. The minimum Gasteiger partial charge on any atom is -0.488 e. The molecule has 0 fully saturated rings. The molecule has 2 aromatic heterocycles. The number of hydrogen-bond donors (Lipinski definition) is 0. The Kier molecular flexibility index (Phi) is 5.29. The van der Waals surface area contributed by atoms with Crippen molar-refractivity contribution in [1.82, 2.24) is 14.6 Å². The van der Waals surface area contributed by atoms with Gasteiger partial charge in [-0.15, -0.1) is 10.2 Å². The van der Waals surface area contributed by atoms with Gasteiger partial charge in [-0.25, -0.2) is 4.40 Å². The minimum absolute atomic E-state index is 0.125. The van der Waals surface area contributed by atoms with E-state index < -0.39 is 0 Å². The Morgan fingerprint density at radius 2 is 1.75 bits per heavy atom. The fourth-order valence-electron chi connectivity index (χ4n) is 3.55. The fraction of sp³-hybridized carbons (Fsp3) is 0.115. The van der Waals surface area contributed by atoms with Crippen molar-refractivity contribution in [3.63, 3.8) is 0 Å². The summed E-state index contributed by atoms with van der Waals surface area (Å²) >= 11 is 1.33. The molecule has 0 aliphatic carbocycles. The maximum Gasteiger partial charge on any atom is 0.276 e. The van der Waals surface area contributed by atoms with Gasteiger partial charge in [0, 0.05) is 11.1 Å². The van der Waals surface area contributed by atoms with Crippen molar-refractivity contribution in [2.45, 2.75) is 20.5 Å². The van der Waals surface area contributed by atoms with Gasteiger partial charge in [0.2, 0.25) is 4.96 Å². The van der Waals surface area contributed by atoms with Crippen molar-refractivity contribution in [2.75, 3.05) is 0 Å². The van der Waals surface area contributed by atoms with Crippen LogP contribution in [0.25, 0.3) is 22.4 Å². The molecule has 0 N–H and O–H groups in total. The Morgan fingerprint density at radius 1 is 0.938 bits per heavy atom. The molecule has 0 unspecified atom stereocenters. The van der Waals surface area contributed by atoms with Crippen molar-refractivity contribution < 1.29 is 4.74 Å². The summed E-state index contributed by atoms with van der Waals surface area (Å²) in [5.41, 5.74) is 5.02. The van der Waals surface area contributed by atoms with Gasteiger partial charge >= 0.3 is 0 Å². The molecule has 5 rings (SSSR count). The zero-order valence-electron chi connectivity index (χ0n) is 17.8. The fourth-order valence-corrected chi connectivity index (χ4v) is 4.46. The summed E-state index contributed by atoms with van der Waals surface area (Å²) in [6, 6.07) is 23.9. The van der Waals surface area contributed by atoms with Gasteiger partial charge in [0.1, 0.15) is 12.4 Å². The largest absolute Gasteiger partial charge is 0.488 e. The molecule has 5 aromatic rings. The predicted molar refractivity (Wildman–Crippen MR) is 128 cm³/mol. The molecule has 0 bridgehead atoms. The van der Waals surface area contributed by atoms with E-state index in [-0.39, 0.29) is 5.56 Å². The summed E-state index contributed by atoms with van der Waals surface area (Å²) in [6.07, 6.45) is 1.87. The van der Waals surface area contributed by atoms with Gasteiger partial charge in [-0.1, -0.05) is 83.1 Å². The van der Waals surface area contributed by atoms with Gasteiger partial charge in [-0.2, -0.15) is 0 Å². The molecule has 0 saturated heterocycles. The SMILES string of the molecule is Cc1ccc(COc2ccccc2/C=c2\sc3nnc(-c4cccc(C)c4)n3c2=O)cc1. The predicted octanol–water partition coefficient (Wildman–Crippen LogP) is 4.56. The van der Waals surface area contributed by atoms with Crippen LogP contribution in [0.4, 0.5) is 0 Å². The van der Waals surface area contributed by atoms with E-state index in [1.54, 1.807) is 4.40 Å². The van der Waals surface area contributed by atoms with Gasteiger partial charge in [0.15, 0.2) is 5.82 Å². The van der Waals surface area contributed by atoms with Gasteiger partial charge in [-0.3, -0.25) is 4.79 Å². The van der Waals surface area contributed by atoms with Crippen LogP contribution in [-0.2, 0) is 6.61 Å². The number of nitrogens with zero attached hydrogens (tertiary/aromatic N) is 3. The number of thiazole rings is 1. The van der Waals surface area contributed by atoms with Crippen LogP contribution in [0.5, 0.6) is 5.75 Å². The highest BCUT2D eigenvalue weighted by atomic mass is 32.1. The van der Waals surface area contributed by atoms with Crippen molar-refractivity contribution in [2.24, 2.45) is 0 Å². The molecule has 0 amide bonds. The van der Waals surface area contributed by atoms with E-state index in [1.165, 1.54) is 16.9 Å². The van der Waals surface area contributed by atoms with Crippen LogP contribution in [-0.4, -0.2) is 14.6 Å². The van der Waals surface area contributed by atoms with Gasteiger partial charge in [0.25, 0.3) is 5.56 Å². The Morgan fingerprint density at radius 3 is 2.56 bits per heavy atom. The lowest BCUT2D eigenvalue weighted by Crippen LogP contribution is -2.23. The molecule has 0 atom stereocenters. The lowest BCUT2D eigenvalue weighted by Gasteiger charge is -2.09. The Labute approximate surface area is 189 Å². The highest BCUT2D eigenvalue weighted by Gasteiger charge is 2.14. The normalized spacial score (nSPS) is 11.9. The Bertz CT molecular complexity index is 1520. The number of hydrogen-bond acceptors (Lipinski definition) is 5. The topological polar surface area (TPSA) is 56.5 Å². The summed E-state index contributed by atoms with van der Waals surface area (Å²) in [5.74, 6) is 1.30. The third-order valence-electron chi connectivity index (χ3n) is 5.25. The highest BCUT2D eigenvalue weighted by molar-refractivity contribution is 7.15. The first kappa shape index (κ1) is 20.2. The molecule has 6 heteroatoms. The number of aromatic nitrogens is 3. The van der Waals surface area contributed by atoms with E-state index in [0.29, 0.717) is 21.9 Å². The molecule has 2 heterocycles. The maximum absolute atomic E-state index is 13.2. The van der Waals surface area contributed by atoms with E-state index in [2.05, 4.69) is 41.4 Å². The van der Waals surface area contributed by atoms with Crippen LogP contribution in [0.1, 0.15) is 22.3 Å². The van der Waals surface area contributed by atoms with Crippen molar-refractivity contribution in [3.05, 3.63) is 110 Å². The van der Waals surface area contributed by atoms with Crippen molar-refractivity contribution in [1.29, 1.82) is 0 Å². The summed E-state index contributed by atoms with van der Waals surface area (Å²) in [4.78, 5) is 13.8. The monoisotopic (exact) mass is 439 g/mol. The first-order valence-corrected chi connectivity index (χ1v) is 11.1. The third-order valence-corrected chi connectivity index (χ3v) is 6.20. The number of benzene rings is 3. The molecule has 32 heavy (non-hydrogen) atoms. The smallest absolute Gasteiger partial charge is 0.276 e. The second-order valence-corrected chi connectivity index (χ2v) is 8.75. The summed E-state index contributed by atoms with van der Waals surface area (Å²) in [5, 5.41) is 8.48. The van der Waals surface area contributed by atoms with Gasteiger partial charge in [-0.05, 0) is 37.6 Å². The first-order valence-electron chi connectivity index (χ1n) is 10.3. The highest BCUT2D eigenvalue weighted by Crippen LogP contribution is 2.22. The zero-order valence-corrected chi connectivity index (χ0v) is 18.6. The van der Waals surface area contributed by atoms with Crippen molar-refractivity contribution in [3.8, 4) is 17.1 Å². The molecular weight excluding hydrogens is 418 g/mol. The lowest BCUT2D eigenvalue weighted by atomic mass is 10.1. The average molecular weight is 440 g/mol. The van der Waals surface area contributed by atoms with Crippen LogP contribution in [0.2, 0.25) is 0 Å². The number of rotatable bonds is 5. The maximum atomic E-state index is 13.2. The average Bonchev–Trinajstić information content (AvgIpc) is 3.34. The van der Waals surface area contributed by atoms with Crippen LogP contribution >= 0.6 is 11.3 Å². The lowest BCUT2D eigenvalue weighted by molar-refractivity contribution is 0.305. The van der Waals surface area contributed by atoms with Gasteiger partial charge < -0.3 is 4.74 Å². The van der Waals surface area contributed by atoms with E-state index in [0.717, 1.165) is 28.0 Å². The second kappa shape index (κ2) is 8.40. The Hall–Kier alpha value is -3.77. The van der Waals surface area contributed by atoms with E-state index in [9.17, 15) is 4.79 Å². The van der Waals surface area contributed by atoms with Crippen LogP contribution in [0.3, 0.4) is 0 Å². The van der Waals surface area contributed by atoms with Crippen LogP contribution < -0.4 is 14.8 Å². The molecule has 0 saturated carbocycles. The molecule has 158 valence electrons. The van der Waals surface area contributed by atoms with Crippen LogP contribution in [0.15, 0.2) is 77.6 Å². The number of para-hydroxylation sites is 1. The summed E-state index contributed by atoms with van der Waals surface area (Å²) in [6.45, 7) is 4.54. The standard InChI is InChI=1S/C26H21N3O2S/c1-17-10-12-19(13-11-17)16-31-22-9-4-3-7-20(22)15-23-25(30)29-24(27-28-26(29)32-23)21-8-5-6-18(2)14-21/h3-15H,16H2,1-2H3/b23-15-. The quantitative estimate of drug-likeness (QED) is 0.403. The van der Waals surface area contributed by atoms with Crippen LogP contribution in [0, 0.1) is 13.8 Å². The van der Waals surface area contributed by atoms with E-state index in [1.807, 2.05) is 61.5 Å². The van der Waals surface area contributed by atoms with E-state index >= 15 is 0 Å². The second-order valence-electron chi connectivity index (χ2n) is 7.74. The van der Waals surface area contributed by atoms with Gasteiger partial charge in [0.05, 0.1) is 4.53 Å². The molecule has 0 aliphatic heterocycles. The minimum atomic E-state index is -0.125. The number of ether oxygens (including phenoxy) is 1. The molecular formula is C26H21N3O2S. The first-order chi connectivity index (χ1) is 15.6. The zero-order chi connectivity index (χ0) is 22.1. The molecule has 3 aromatic carbocycles. The molecule has 0 aliphatic rings. The molecule has 5 nitrogen and oxygen atoms in total. The van der Waals surface area contributed by atoms with Crippen molar-refractivity contribution >= 4 is 22.4 Å².